The number of nitrogens with one attached hydrogen (secondary N) is 2. The smallest absolute Gasteiger partial charge is 0.248 e. The van der Waals surface area contributed by atoms with Crippen molar-refractivity contribution in [1.82, 2.24) is 10.2 Å². The Morgan fingerprint density at radius 1 is 1.15 bits per heavy atom. The molecule has 0 unspecified atom stereocenters. The second-order valence-electron chi connectivity index (χ2n) is 8.33. The Morgan fingerprint density at radius 2 is 1.89 bits per heavy atom. The second kappa shape index (κ2) is 7.15. The van der Waals surface area contributed by atoms with E-state index in [-0.39, 0.29) is 11.8 Å². The van der Waals surface area contributed by atoms with Crippen molar-refractivity contribution in [3.8, 4) is 0 Å². The number of carbonyl (C=O) groups is 2. The van der Waals surface area contributed by atoms with E-state index in [0.717, 1.165) is 37.8 Å². The van der Waals surface area contributed by atoms with Crippen LogP contribution < -0.4 is 10.6 Å². The van der Waals surface area contributed by atoms with Crippen molar-refractivity contribution in [3.63, 3.8) is 0 Å². The molecule has 4 rings (SSSR count). The Hall–Kier alpha value is -2.08. The number of para-hydroxylation sites is 1. The fraction of sp³-hybridized carbons (Fsp3) is 0.619. The van der Waals surface area contributed by atoms with E-state index in [9.17, 15) is 14.7 Å². The van der Waals surface area contributed by atoms with Crippen LogP contribution in [0.25, 0.3) is 0 Å². The van der Waals surface area contributed by atoms with Crippen LogP contribution in [0, 0.1) is 5.41 Å². The van der Waals surface area contributed by atoms with Crippen LogP contribution in [-0.2, 0) is 9.59 Å². The molecule has 1 saturated carbocycles. The topological polar surface area (TPSA) is 81.7 Å². The molecule has 27 heavy (non-hydrogen) atoms. The van der Waals surface area contributed by atoms with E-state index in [1.165, 1.54) is 0 Å². The van der Waals surface area contributed by atoms with Gasteiger partial charge in [-0.05, 0) is 44.2 Å². The van der Waals surface area contributed by atoms with Gasteiger partial charge in [0, 0.05) is 25.3 Å². The molecule has 2 heterocycles. The van der Waals surface area contributed by atoms with Gasteiger partial charge < -0.3 is 20.6 Å². The molecule has 2 amide bonds. The number of anilines is 1. The Morgan fingerprint density at radius 3 is 2.59 bits per heavy atom. The Balaban J connectivity index is 1.57. The fourth-order valence-corrected chi connectivity index (χ4v) is 5.09. The van der Waals surface area contributed by atoms with Crippen LogP contribution in [0.15, 0.2) is 30.3 Å². The molecule has 1 aliphatic carbocycles. The SMILES string of the molecule is O=C(N1CC[C@H](O)[C@@]2(CCCNC2=O)C1)C1(Nc2ccccc2)CCCC1. The van der Waals surface area contributed by atoms with Crippen LogP contribution >= 0.6 is 0 Å². The zero-order chi connectivity index (χ0) is 18.9. The third-order valence-electron chi connectivity index (χ3n) is 6.63. The van der Waals surface area contributed by atoms with Crippen LogP contribution in [0.3, 0.4) is 0 Å². The van der Waals surface area contributed by atoms with E-state index in [1.54, 1.807) is 0 Å². The lowest BCUT2D eigenvalue weighted by atomic mass is 9.71. The molecular weight excluding hydrogens is 342 g/mol. The molecule has 1 spiro atoms. The molecule has 1 aromatic rings. The predicted molar refractivity (Wildman–Crippen MR) is 103 cm³/mol. The average molecular weight is 371 g/mol. The largest absolute Gasteiger partial charge is 0.392 e. The first-order valence-corrected chi connectivity index (χ1v) is 10.1. The first kappa shape index (κ1) is 18.3. The van der Waals surface area contributed by atoms with Crippen LogP contribution in [0.2, 0.25) is 0 Å². The van der Waals surface area contributed by atoms with Gasteiger partial charge >= 0.3 is 0 Å². The van der Waals surface area contributed by atoms with Gasteiger partial charge in [-0.2, -0.15) is 0 Å². The van der Waals surface area contributed by atoms with Crippen molar-refractivity contribution in [2.24, 2.45) is 5.41 Å². The number of likely N-dealkylation sites (tertiary alicyclic amines) is 1. The number of carbonyl (C=O) groups excluding carboxylic acids is 2. The van der Waals surface area contributed by atoms with Gasteiger partial charge in [0.2, 0.25) is 11.8 Å². The lowest BCUT2D eigenvalue weighted by Crippen LogP contribution is -2.64. The van der Waals surface area contributed by atoms with Gasteiger partial charge in [0.05, 0.1) is 11.5 Å². The molecule has 2 aliphatic heterocycles. The number of hydrogen-bond acceptors (Lipinski definition) is 4. The van der Waals surface area contributed by atoms with Crippen molar-refractivity contribution in [2.45, 2.75) is 56.6 Å². The van der Waals surface area contributed by atoms with Gasteiger partial charge in [0.15, 0.2) is 0 Å². The lowest BCUT2D eigenvalue weighted by Gasteiger charge is -2.48. The number of amides is 2. The zero-order valence-corrected chi connectivity index (χ0v) is 15.7. The maximum Gasteiger partial charge on any atom is 0.248 e. The summed E-state index contributed by atoms with van der Waals surface area (Å²) in [6, 6.07) is 9.88. The highest BCUT2D eigenvalue weighted by molar-refractivity contribution is 5.91. The minimum absolute atomic E-state index is 0.0773. The summed E-state index contributed by atoms with van der Waals surface area (Å²) in [5.74, 6) is -0.0243. The van der Waals surface area contributed by atoms with Crippen molar-refractivity contribution < 1.29 is 14.7 Å². The van der Waals surface area contributed by atoms with Gasteiger partial charge in [-0.3, -0.25) is 9.59 Å². The van der Waals surface area contributed by atoms with Crippen molar-refractivity contribution in [2.75, 3.05) is 25.0 Å². The minimum atomic E-state index is -0.849. The third-order valence-corrected chi connectivity index (χ3v) is 6.63. The van der Waals surface area contributed by atoms with Gasteiger partial charge in [0.25, 0.3) is 0 Å². The number of nitrogens with zero attached hydrogens (tertiary/aromatic N) is 1. The fourth-order valence-electron chi connectivity index (χ4n) is 5.09. The molecule has 0 aromatic heterocycles. The zero-order valence-electron chi connectivity index (χ0n) is 15.7. The molecule has 3 fully saturated rings. The number of benzene rings is 1. The minimum Gasteiger partial charge on any atom is -0.392 e. The summed E-state index contributed by atoms with van der Waals surface area (Å²) < 4.78 is 0. The molecule has 3 N–H and O–H groups in total. The van der Waals surface area contributed by atoms with Crippen LogP contribution in [0.1, 0.15) is 44.9 Å². The highest BCUT2D eigenvalue weighted by atomic mass is 16.3. The summed E-state index contributed by atoms with van der Waals surface area (Å²) in [5, 5.41) is 17.0. The van der Waals surface area contributed by atoms with Crippen LogP contribution in [0.5, 0.6) is 0 Å². The van der Waals surface area contributed by atoms with E-state index in [1.807, 2.05) is 35.2 Å². The van der Waals surface area contributed by atoms with E-state index in [4.69, 9.17) is 0 Å². The van der Waals surface area contributed by atoms with E-state index in [2.05, 4.69) is 10.6 Å². The normalized spacial score (nSPS) is 30.2. The predicted octanol–water partition coefficient (Wildman–Crippen LogP) is 1.90. The number of piperidine rings is 2. The van der Waals surface area contributed by atoms with Crippen LogP contribution in [-0.4, -0.2) is 53.1 Å². The maximum absolute atomic E-state index is 13.6. The molecule has 2 saturated heterocycles. The van der Waals surface area contributed by atoms with Crippen molar-refractivity contribution >= 4 is 17.5 Å². The van der Waals surface area contributed by atoms with Crippen LogP contribution in [0.4, 0.5) is 5.69 Å². The average Bonchev–Trinajstić information content (AvgIpc) is 3.16. The van der Waals surface area contributed by atoms with E-state index in [0.29, 0.717) is 32.5 Å². The molecule has 146 valence electrons. The Kier molecular flexibility index (Phi) is 4.84. The van der Waals surface area contributed by atoms with E-state index < -0.39 is 17.1 Å². The molecular formula is C21H29N3O3. The number of aliphatic hydroxyl groups is 1. The molecule has 3 aliphatic rings. The first-order valence-electron chi connectivity index (χ1n) is 10.1. The lowest BCUT2D eigenvalue weighted by molar-refractivity contribution is -0.156. The number of hydrogen-bond donors (Lipinski definition) is 3. The van der Waals surface area contributed by atoms with Crippen molar-refractivity contribution in [3.05, 3.63) is 30.3 Å². The van der Waals surface area contributed by atoms with Gasteiger partial charge in [-0.1, -0.05) is 31.0 Å². The van der Waals surface area contributed by atoms with Crippen molar-refractivity contribution in [1.29, 1.82) is 0 Å². The second-order valence-corrected chi connectivity index (χ2v) is 8.33. The highest BCUT2D eigenvalue weighted by Gasteiger charge is 2.53. The molecule has 6 nitrogen and oxygen atoms in total. The number of aliphatic hydroxyl groups excluding tert-OH is 1. The number of rotatable bonds is 3. The standard InChI is InChI=1S/C21H29N3O3/c25-17-9-14-24(15-20(17)10-6-13-22-18(20)26)19(27)21(11-4-5-12-21)23-16-7-2-1-3-8-16/h1-3,7-8,17,23,25H,4-6,9-15H2,(H,22,26)/t17-,20+/m0/s1. The molecule has 0 radical (unpaired) electrons. The maximum atomic E-state index is 13.6. The summed E-state index contributed by atoms with van der Waals surface area (Å²) in [4.78, 5) is 28.1. The molecule has 2 atom stereocenters. The molecule has 0 bridgehead atoms. The molecule has 1 aromatic carbocycles. The van der Waals surface area contributed by atoms with Gasteiger partial charge in [-0.25, -0.2) is 0 Å². The van der Waals surface area contributed by atoms with E-state index >= 15 is 0 Å². The summed E-state index contributed by atoms with van der Waals surface area (Å²) >= 11 is 0. The Labute approximate surface area is 160 Å². The third kappa shape index (κ3) is 3.20. The Bertz CT molecular complexity index is 702. The quantitative estimate of drug-likeness (QED) is 0.758. The summed E-state index contributed by atoms with van der Waals surface area (Å²) in [5.41, 5.74) is -0.496. The van der Waals surface area contributed by atoms with Gasteiger partial charge in [-0.15, -0.1) is 0 Å². The summed E-state index contributed by atoms with van der Waals surface area (Å²) in [6.45, 7) is 1.48. The molecule has 6 heteroatoms. The van der Waals surface area contributed by atoms with Gasteiger partial charge in [0.1, 0.15) is 5.54 Å². The summed E-state index contributed by atoms with van der Waals surface area (Å²) in [7, 11) is 0. The first-order chi connectivity index (χ1) is 13.1. The monoisotopic (exact) mass is 371 g/mol. The summed E-state index contributed by atoms with van der Waals surface area (Å²) in [6.07, 6.45) is 4.92. The highest BCUT2D eigenvalue weighted by Crippen LogP contribution is 2.40.